The van der Waals surface area contributed by atoms with Gasteiger partial charge < -0.3 is 14.7 Å². The summed E-state index contributed by atoms with van der Waals surface area (Å²) >= 11 is 0. The van der Waals surface area contributed by atoms with E-state index in [0.717, 1.165) is 69.8 Å². The summed E-state index contributed by atoms with van der Waals surface area (Å²) in [4.78, 5) is 49.6. The lowest BCUT2D eigenvalue weighted by Gasteiger charge is -2.29. The molecule has 3 aliphatic rings. The number of pyridine rings is 1. The molecule has 0 spiro atoms. The van der Waals surface area contributed by atoms with Gasteiger partial charge in [-0.2, -0.15) is 0 Å². The molecule has 50 heavy (non-hydrogen) atoms. The zero-order valence-corrected chi connectivity index (χ0v) is 30.3. The van der Waals surface area contributed by atoms with Crippen molar-refractivity contribution in [2.45, 2.75) is 90.9 Å². The van der Waals surface area contributed by atoms with Crippen molar-refractivity contribution < 1.29 is 14.4 Å². The van der Waals surface area contributed by atoms with E-state index in [-0.39, 0.29) is 28.6 Å². The van der Waals surface area contributed by atoms with Gasteiger partial charge >= 0.3 is 0 Å². The molecule has 0 unspecified atom stereocenters. The maximum Gasteiger partial charge on any atom is 0.227 e. The Morgan fingerprint density at radius 2 is 0.960 bits per heavy atom. The summed E-state index contributed by atoms with van der Waals surface area (Å²) in [7, 11) is 0. The van der Waals surface area contributed by atoms with E-state index in [2.05, 4.69) is 96.1 Å². The van der Waals surface area contributed by atoms with Crippen LogP contribution in [0.1, 0.15) is 91.2 Å². The van der Waals surface area contributed by atoms with Gasteiger partial charge in [0.15, 0.2) is 0 Å². The third kappa shape index (κ3) is 6.46. The van der Waals surface area contributed by atoms with Crippen molar-refractivity contribution in [2.75, 3.05) is 34.3 Å². The molecule has 3 aliphatic heterocycles. The number of hydrogen-bond donors (Lipinski definition) is 0. The van der Waals surface area contributed by atoms with Gasteiger partial charge in [0.2, 0.25) is 17.7 Å². The first-order chi connectivity index (χ1) is 23.8. The first-order valence-corrected chi connectivity index (χ1v) is 18.1. The van der Waals surface area contributed by atoms with E-state index in [0.29, 0.717) is 38.9 Å². The molecule has 258 valence electrons. The van der Waals surface area contributed by atoms with Crippen molar-refractivity contribution in [3.8, 4) is 33.5 Å². The molecule has 7 rings (SSSR count). The minimum atomic E-state index is 0.0241. The van der Waals surface area contributed by atoms with Gasteiger partial charge in [-0.05, 0) is 82.7 Å². The lowest BCUT2D eigenvalue weighted by molar-refractivity contribution is -0.118. The molecular formula is C43H48N4O3. The van der Waals surface area contributed by atoms with Gasteiger partial charge in [0.25, 0.3) is 0 Å². The summed E-state index contributed by atoms with van der Waals surface area (Å²) in [6, 6.07) is 23.5. The lowest BCUT2D eigenvalue weighted by atomic mass is 9.79. The molecule has 3 saturated heterocycles. The van der Waals surface area contributed by atoms with Crippen molar-refractivity contribution in [3.63, 3.8) is 0 Å². The van der Waals surface area contributed by atoms with Crippen molar-refractivity contribution in [3.05, 3.63) is 84.1 Å². The molecule has 3 fully saturated rings. The third-order valence-corrected chi connectivity index (χ3v) is 10.4. The number of anilines is 3. The third-order valence-electron chi connectivity index (χ3n) is 10.4. The van der Waals surface area contributed by atoms with Crippen LogP contribution in [0.3, 0.4) is 0 Å². The first kappa shape index (κ1) is 33.7. The van der Waals surface area contributed by atoms with Crippen molar-refractivity contribution in [2.24, 2.45) is 0 Å². The summed E-state index contributed by atoms with van der Waals surface area (Å²) in [6.45, 7) is 15.4. The number of carbonyl (C=O) groups excluding carboxylic acids is 3. The molecule has 0 saturated carbocycles. The number of aromatic nitrogens is 1. The Hall–Kier alpha value is -4.78. The number of amides is 3. The van der Waals surface area contributed by atoms with E-state index in [4.69, 9.17) is 4.98 Å². The Morgan fingerprint density at radius 3 is 1.40 bits per heavy atom. The second-order valence-electron chi connectivity index (χ2n) is 16.1. The highest BCUT2D eigenvalue weighted by Crippen LogP contribution is 2.45. The molecule has 3 amide bonds. The van der Waals surface area contributed by atoms with Gasteiger partial charge in [-0.1, -0.05) is 77.9 Å². The van der Waals surface area contributed by atoms with Gasteiger partial charge in [0, 0.05) is 61.8 Å². The Kier molecular flexibility index (Phi) is 8.65. The molecule has 0 radical (unpaired) electrons. The number of rotatable bonds is 6. The lowest BCUT2D eigenvalue weighted by Crippen LogP contribution is -2.31. The van der Waals surface area contributed by atoms with E-state index in [1.807, 2.05) is 28.1 Å². The number of carbonyl (C=O) groups is 3. The zero-order valence-electron chi connectivity index (χ0n) is 30.3. The average Bonchev–Trinajstić information content (AvgIpc) is 3.84. The van der Waals surface area contributed by atoms with Gasteiger partial charge in [-0.25, -0.2) is 0 Å². The molecule has 0 bridgehead atoms. The van der Waals surface area contributed by atoms with Crippen LogP contribution in [0.15, 0.2) is 72.9 Å². The fourth-order valence-corrected chi connectivity index (χ4v) is 7.38. The summed E-state index contributed by atoms with van der Waals surface area (Å²) in [5.74, 6) is 0.213. The molecule has 0 N–H and O–H groups in total. The predicted octanol–water partition coefficient (Wildman–Crippen LogP) is 9.06. The molecule has 0 aliphatic carbocycles. The SMILES string of the molecule is CC(C)(C)c1cc(-c2ccc(-c3ccc(-c4cc(N5CCCC5=O)c(N5CCCC5=O)cc4N4CCCC4=O)cc3)cn2)cc(C(C)(C)C)c1. The summed E-state index contributed by atoms with van der Waals surface area (Å²) in [6.07, 6.45) is 5.80. The summed E-state index contributed by atoms with van der Waals surface area (Å²) < 4.78 is 0. The topological polar surface area (TPSA) is 73.8 Å². The fraction of sp³-hybridized carbons (Fsp3) is 0.395. The van der Waals surface area contributed by atoms with Crippen LogP contribution in [0, 0.1) is 0 Å². The second-order valence-corrected chi connectivity index (χ2v) is 16.1. The van der Waals surface area contributed by atoms with E-state index in [9.17, 15) is 14.4 Å². The number of nitrogens with zero attached hydrogens (tertiary/aromatic N) is 4. The zero-order chi connectivity index (χ0) is 35.4. The van der Waals surface area contributed by atoms with Crippen molar-refractivity contribution in [1.82, 2.24) is 4.98 Å². The van der Waals surface area contributed by atoms with Crippen LogP contribution in [0.25, 0.3) is 33.5 Å². The largest absolute Gasteiger partial charge is 0.312 e. The van der Waals surface area contributed by atoms with E-state index < -0.39 is 0 Å². The standard InChI is InChI=1S/C43H48N4O3/c1-42(2,3)32-22-31(23-33(24-32)43(4,5)6)35-18-17-30(27-44-35)28-13-15-29(16-14-28)34-25-37(46-20-8-11-40(46)49)38(47-21-9-12-41(47)50)26-36(34)45-19-7-10-39(45)48/h13-18,22-27H,7-12,19-21H2,1-6H3. The van der Waals surface area contributed by atoms with Crippen LogP contribution in [0.5, 0.6) is 0 Å². The Balaban J connectivity index is 1.25. The smallest absolute Gasteiger partial charge is 0.227 e. The minimum Gasteiger partial charge on any atom is -0.312 e. The van der Waals surface area contributed by atoms with Gasteiger partial charge in [0.1, 0.15) is 0 Å². The minimum absolute atomic E-state index is 0.0241. The van der Waals surface area contributed by atoms with Gasteiger partial charge in [0.05, 0.1) is 22.8 Å². The normalized spacial score (nSPS) is 17.1. The summed E-state index contributed by atoms with van der Waals surface area (Å²) in [5.41, 5.74) is 10.9. The van der Waals surface area contributed by atoms with Gasteiger partial charge in [-0.15, -0.1) is 0 Å². The van der Waals surface area contributed by atoms with Gasteiger partial charge in [-0.3, -0.25) is 19.4 Å². The van der Waals surface area contributed by atoms with Crippen LogP contribution in [-0.4, -0.2) is 42.3 Å². The molecular weight excluding hydrogens is 620 g/mol. The molecule has 4 heterocycles. The Morgan fingerprint density at radius 1 is 0.500 bits per heavy atom. The Labute approximate surface area is 296 Å². The Bertz CT molecular complexity index is 1930. The molecule has 0 atom stereocenters. The number of hydrogen-bond acceptors (Lipinski definition) is 4. The summed E-state index contributed by atoms with van der Waals surface area (Å²) in [5, 5.41) is 0. The quantitative estimate of drug-likeness (QED) is 0.206. The molecule has 1 aromatic heterocycles. The average molecular weight is 669 g/mol. The van der Waals surface area contributed by atoms with Crippen LogP contribution in [-0.2, 0) is 25.2 Å². The van der Waals surface area contributed by atoms with Crippen LogP contribution >= 0.6 is 0 Å². The maximum atomic E-state index is 13.1. The second kappa shape index (κ2) is 12.8. The fourth-order valence-electron chi connectivity index (χ4n) is 7.38. The molecule has 7 nitrogen and oxygen atoms in total. The van der Waals surface area contributed by atoms with Crippen molar-refractivity contribution in [1.29, 1.82) is 0 Å². The molecule has 4 aromatic rings. The van der Waals surface area contributed by atoms with E-state index in [1.54, 1.807) is 4.90 Å². The first-order valence-electron chi connectivity index (χ1n) is 18.1. The molecule has 3 aromatic carbocycles. The van der Waals surface area contributed by atoms with Crippen LogP contribution in [0.2, 0.25) is 0 Å². The monoisotopic (exact) mass is 668 g/mol. The van der Waals surface area contributed by atoms with E-state index in [1.165, 1.54) is 11.1 Å². The van der Waals surface area contributed by atoms with Crippen molar-refractivity contribution >= 4 is 34.8 Å². The highest BCUT2D eigenvalue weighted by molar-refractivity contribution is 6.08. The van der Waals surface area contributed by atoms with Crippen LogP contribution in [0.4, 0.5) is 17.1 Å². The van der Waals surface area contributed by atoms with E-state index >= 15 is 0 Å². The highest BCUT2D eigenvalue weighted by atomic mass is 16.2. The maximum absolute atomic E-state index is 13.1. The molecule has 7 heteroatoms. The number of benzene rings is 3. The van der Waals surface area contributed by atoms with Crippen LogP contribution < -0.4 is 14.7 Å². The highest BCUT2D eigenvalue weighted by Gasteiger charge is 2.33. The predicted molar refractivity (Wildman–Crippen MR) is 203 cm³/mol.